The summed E-state index contributed by atoms with van der Waals surface area (Å²) in [5, 5.41) is 6.78. The zero-order valence-corrected chi connectivity index (χ0v) is 11.7. The van der Waals surface area contributed by atoms with Crippen LogP contribution in [0.25, 0.3) is 0 Å². The second-order valence-electron chi connectivity index (χ2n) is 6.02. The van der Waals surface area contributed by atoms with E-state index in [1.165, 1.54) is 19.3 Å². The van der Waals surface area contributed by atoms with Crippen LogP contribution in [0.2, 0.25) is 0 Å². The number of nitrogens with one attached hydrogen (secondary N) is 1. The molecule has 1 aromatic heterocycles. The molecule has 0 aromatic carbocycles. The lowest BCUT2D eigenvalue weighted by atomic mass is 9.72. The fourth-order valence-electron chi connectivity index (χ4n) is 3.73. The van der Waals surface area contributed by atoms with Crippen LogP contribution in [0.5, 0.6) is 0 Å². The first-order valence-electron chi connectivity index (χ1n) is 7.37. The molecule has 1 saturated heterocycles. The highest BCUT2D eigenvalue weighted by Gasteiger charge is 2.40. The number of aromatic nitrogens is 3. The number of amides is 1. The van der Waals surface area contributed by atoms with Crippen LogP contribution in [0, 0.1) is 18.8 Å². The molecule has 19 heavy (non-hydrogen) atoms. The molecule has 3 unspecified atom stereocenters. The molecule has 3 rings (SSSR count). The summed E-state index contributed by atoms with van der Waals surface area (Å²) in [6, 6.07) is 0.406. The Morgan fingerprint density at radius 1 is 1.32 bits per heavy atom. The molecular weight excluding hydrogens is 240 g/mol. The molecule has 0 bridgehead atoms. The van der Waals surface area contributed by atoms with Crippen molar-refractivity contribution in [2.24, 2.45) is 11.8 Å². The number of rotatable bonds is 1. The Morgan fingerprint density at radius 2 is 2.11 bits per heavy atom. The molecular formula is C14H22N4O. The molecule has 5 heteroatoms. The van der Waals surface area contributed by atoms with E-state index in [-0.39, 0.29) is 5.91 Å². The van der Waals surface area contributed by atoms with Crippen LogP contribution >= 0.6 is 0 Å². The molecule has 1 saturated carbocycles. The Hall–Kier alpha value is -1.39. The SMILES string of the molecule is Cc1nc(C(=O)N2CCC(C)C3CCCCC32)n[nH]1. The predicted molar refractivity (Wildman–Crippen MR) is 71.7 cm³/mol. The van der Waals surface area contributed by atoms with Gasteiger partial charge in [-0.3, -0.25) is 9.89 Å². The maximum Gasteiger partial charge on any atom is 0.293 e. The van der Waals surface area contributed by atoms with E-state index in [4.69, 9.17) is 0 Å². The van der Waals surface area contributed by atoms with Crippen molar-refractivity contribution < 1.29 is 4.79 Å². The topological polar surface area (TPSA) is 61.9 Å². The van der Waals surface area contributed by atoms with Gasteiger partial charge in [0.15, 0.2) is 0 Å². The van der Waals surface area contributed by atoms with E-state index < -0.39 is 0 Å². The molecule has 2 aliphatic rings. The van der Waals surface area contributed by atoms with Gasteiger partial charge in [0, 0.05) is 12.6 Å². The number of carbonyl (C=O) groups excluding carboxylic acids is 1. The van der Waals surface area contributed by atoms with E-state index in [0.29, 0.717) is 23.6 Å². The first-order chi connectivity index (χ1) is 9.16. The molecule has 2 heterocycles. The van der Waals surface area contributed by atoms with Gasteiger partial charge in [0.25, 0.3) is 5.91 Å². The first kappa shape index (κ1) is 12.6. The van der Waals surface area contributed by atoms with Gasteiger partial charge in [0.1, 0.15) is 5.82 Å². The number of aryl methyl sites for hydroxylation is 1. The van der Waals surface area contributed by atoms with Crippen molar-refractivity contribution in [2.75, 3.05) is 6.54 Å². The number of H-pyrrole nitrogens is 1. The Kier molecular flexibility index (Phi) is 3.29. The Labute approximate surface area is 113 Å². The van der Waals surface area contributed by atoms with Crippen molar-refractivity contribution in [1.29, 1.82) is 0 Å². The van der Waals surface area contributed by atoms with Crippen LogP contribution in [-0.2, 0) is 0 Å². The van der Waals surface area contributed by atoms with E-state index in [1.807, 2.05) is 11.8 Å². The van der Waals surface area contributed by atoms with Crippen LogP contribution < -0.4 is 0 Å². The molecule has 1 amide bonds. The zero-order valence-electron chi connectivity index (χ0n) is 11.7. The van der Waals surface area contributed by atoms with Gasteiger partial charge < -0.3 is 4.90 Å². The Morgan fingerprint density at radius 3 is 2.84 bits per heavy atom. The normalized spacial score (nSPS) is 31.1. The number of aromatic amines is 1. The van der Waals surface area contributed by atoms with Crippen molar-refractivity contribution in [2.45, 2.75) is 52.0 Å². The van der Waals surface area contributed by atoms with E-state index in [2.05, 4.69) is 22.1 Å². The van der Waals surface area contributed by atoms with Crippen LogP contribution in [0.15, 0.2) is 0 Å². The number of hydrogen-bond acceptors (Lipinski definition) is 3. The zero-order chi connectivity index (χ0) is 13.4. The van der Waals surface area contributed by atoms with E-state index in [9.17, 15) is 4.79 Å². The molecule has 1 N–H and O–H groups in total. The molecule has 3 atom stereocenters. The van der Waals surface area contributed by atoms with Gasteiger partial charge in [-0.05, 0) is 38.0 Å². The molecule has 1 aliphatic carbocycles. The van der Waals surface area contributed by atoms with Crippen LogP contribution in [0.4, 0.5) is 0 Å². The number of fused-ring (bicyclic) bond motifs is 1. The van der Waals surface area contributed by atoms with Crippen molar-refractivity contribution in [1.82, 2.24) is 20.1 Å². The fourth-order valence-corrected chi connectivity index (χ4v) is 3.73. The Balaban J connectivity index is 1.81. The van der Waals surface area contributed by atoms with Gasteiger partial charge in [0.05, 0.1) is 0 Å². The minimum absolute atomic E-state index is 0.00755. The predicted octanol–water partition coefficient (Wildman–Crippen LogP) is 2.15. The second-order valence-corrected chi connectivity index (χ2v) is 6.02. The third kappa shape index (κ3) is 2.26. The third-order valence-corrected chi connectivity index (χ3v) is 4.79. The number of likely N-dealkylation sites (tertiary alicyclic amines) is 1. The molecule has 0 spiro atoms. The van der Waals surface area contributed by atoms with E-state index in [0.717, 1.165) is 25.3 Å². The summed E-state index contributed by atoms with van der Waals surface area (Å²) in [5.74, 6) is 2.45. The number of carbonyl (C=O) groups is 1. The van der Waals surface area contributed by atoms with Crippen molar-refractivity contribution in [3.8, 4) is 0 Å². The summed E-state index contributed by atoms with van der Waals surface area (Å²) in [4.78, 5) is 18.8. The molecule has 2 fully saturated rings. The molecule has 0 radical (unpaired) electrons. The minimum Gasteiger partial charge on any atom is -0.333 e. The summed E-state index contributed by atoms with van der Waals surface area (Å²) in [7, 11) is 0. The minimum atomic E-state index is 0.00755. The molecule has 1 aromatic rings. The number of piperidine rings is 1. The average Bonchev–Trinajstić information content (AvgIpc) is 2.86. The number of hydrogen-bond donors (Lipinski definition) is 1. The first-order valence-corrected chi connectivity index (χ1v) is 7.37. The van der Waals surface area contributed by atoms with Crippen molar-refractivity contribution in [3.05, 3.63) is 11.6 Å². The summed E-state index contributed by atoms with van der Waals surface area (Å²) >= 11 is 0. The second kappa shape index (κ2) is 4.94. The summed E-state index contributed by atoms with van der Waals surface area (Å²) in [5.41, 5.74) is 0. The highest BCUT2D eigenvalue weighted by molar-refractivity contribution is 5.90. The Bertz CT molecular complexity index is 470. The highest BCUT2D eigenvalue weighted by Crippen LogP contribution is 2.39. The van der Waals surface area contributed by atoms with Crippen molar-refractivity contribution in [3.63, 3.8) is 0 Å². The summed E-state index contributed by atoms with van der Waals surface area (Å²) < 4.78 is 0. The van der Waals surface area contributed by atoms with Gasteiger partial charge >= 0.3 is 0 Å². The van der Waals surface area contributed by atoms with Gasteiger partial charge in [-0.1, -0.05) is 19.8 Å². The monoisotopic (exact) mass is 262 g/mol. The number of nitrogens with zero attached hydrogens (tertiary/aromatic N) is 3. The van der Waals surface area contributed by atoms with Crippen LogP contribution in [-0.4, -0.2) is 38.6 Å². The largest absolute Gasteiger partial charge is 0.333 e. The maximum atomic E-state index is 12.6. The van der Waals surface area contributed by atoms with Gasteiger partial charge in [-0.25, -0.2) is 4.98 Å². The highest BCUT2D eigenvalue weighted by atomic mass is 16.2. The smallest absolute Gasteiger partial charge is 0.293 e. The van der Waals surface area contributed by atoms with Gasteiger partial charge in [0.2, 0.25) is 5.82 Å². The standard InChI is InChI=1S/C14H22N4O/c1-9-7-8-18(12-6-4-3-5-11(9)12)14(19)13-15-10(2)16-17-13/h9,11-12H,3-8H2,1-2H3,(H,15,16,17). The quantitative estimate of drug-likeness (QED) is 0.843. The van der Waals surface area contributed by atoms with Gasteiger partial charge in [-0.2, -0.15) is 0 Å². The molecule has 5 nitrogen and oxygen atoms in total. The van der Waals surface area contributed by atoms with E-state index in [1.54, 1.807) is 0 Å². The van der Waals surface area contributed by atoms with Gasteiger partial charge in [-0.15, -0.1) is 5.10 Å². The van der Waals surface area contributed by atoms with Crippen LogP contribution in [0.3, 0.4) is 0 Å². The fraction of sp³-hybridized carbons (Fsp3) is 0.786. The third-order valence-electron chi connectivity index (χ3n) is 4.79. The van der Waals surface area contributed by atoms with Crippen molar-refractivity contribution >= 4 is 5.91 Å². The summed E-state index contributed by atoms with van der Waals surface area (Å²) in [6.45, 7) is 5.02. The molecule has 1 aliphatic heterocycles. The van der Waals surface area contributed by atoms with E-state index >= 15 is 0 Å². The maximum absolute atomic E-state index is 12.6. The lowest BCUT2D eigenvalue weighted by molar-refractivity contribution is 0.0208. The average molecular weight is 262 g/mol. The lowest BCUT2D eigenvalue weighted by Crippen LogP contribution is -2.52. The van der Waals surface area contributed by atoms with Crippen LogP contribution in [0.1, 0.15) is 55.5 Å². The lowest BCUT2D eigenvalue weighted by Gasteiger charge is -2.46. The molecule has 104 valence electrons. The summed E-state index contributed by atoms with van der Waals surface area (Å²) in [6.07, 6.45) is 6.07.